The van der Waals surface area contributed by atoms with E-state index in [-0.39, 0.29) is 12.0 Å². The molecule has 3 atom stereocenters. The Balaban J connectivity index is 1.97. The van der Waals surface area contributed by atoms with Crippen molar-refractivity contribution in [2.24, 2.45) is 10.7 Å². The van der Waals surface area contributed by atoms with Gasteiger partial charge in [0.25, 0.3) is 0 Å². The Morgan fingerprint density at radius 3 is 3.06 bits per heavy atom. The first-order chi connectivity index (χ1) is 8.15. The molecule has 0 aromatic carbocycles. The van der Waals surface area contributed by atoms with Crippen LogP contribution in [0.1, 0.15) is 23.7 Å². The lowest BCUT2D eigenvalue weighted by molar-refractivity contribution is 0.211. The molecule has 0 bridgehead atoms. The molecule has 3 unspecified atom stereocenters. The molecule has 1 aromatic rings. The van der Waals surface area contributed by atoms with Gasteiger partial charge in [0.2, 0.25) is 0 Å². The fourth-order valence-corrected chi connectivity index (χ4v) is 2.40. The van der Waals surface area contributed by atoms with Gasteiger partial charge in [-0.1, -0.05) is 23.8 Å². The Morgan fingerprint density at radius 1 is 1.53 bits per heavy atom. The highest BCUT2D eigenvalue weighted by atomic mass is 35.5. The second-order valence-corrected chi connectivity index (χ2v) is 4.53. The van der Waals surface area contributed by atoms with Gasteiger partial charge in [0.1, 0.15) is 11.5 Å². The maximum Gasteiger partial charge on any atom is 0.196 e. The summed E-state index contributed by atoms with van der Waals surface area (Å²) in [6.07, 6.45) is 5.64. The number of imidazole rings is 1. The molecule has 2 aliphatic rings. The van der Waals surface area contributed by atoms with Crippen LogP contribution in [0, 0.1) is 0 Å². The number of guanidine groups is 1. The molecule has 0 saturated heterocycles. The molecule has 6 nitrogen and oxygen atoms in total. The average molecular weight is 254 g/mol. The molecule has 1 aromatic heterocycles. The Bertz CT molecular complexity index is 509. The number of aliphatic hydroxyl groups is 1. The highest BCUT2D eigenvalue weighted by Crippen LogP contribution is 2.35. The van der Waals surface area contributed by atoms with Crippen molar-refractivity contribution in [3.8, 4) is 0 Å². The zero-order valence-corrected chi connectivity index (χ0v) is 9.67. The minimum absolute atomic E-state index is 0.0727. The number of halogens is 1. The van der Waals surface area contributed by atoms with E-state index in [2.05, 4.69) is 15.3 Å². The summed E-state index contributed by atoms with van der Waals surface area (Å²) in [4.78, 5) is 8.22. The fourth-order valence-electron chi connectivity index (χ4n) is 2.13. The van der Waals surface area contributed by atoms with Crippen molar-refractivity contribution < 1.29 is 5.11 Å². The number of hydrogen-bond acceptors (Lipinski definition) is 5. The van der Waals surface area contributed by atoms with Gasteiger partial charge in [-0.25, -0.2) is 9.98 Å². The van der Waals surface area contributed by atoms with Gasteiger partial charge in [-0.05, 0) is 0 Å². The number of rotatable bonds is 1. The average Bonchev–Trinajstić information content (AvgIpc) is 2.83. The summed E-state index contributed by atoms with van der Waals surface area (Å²) in [6, 6.07) is 0.0727. The molecule has 0 amide bonds. The summed E-state index contributed by atoms with van der Waals surface area (Å²) < 4.78 is 1.92. The lowest BCUT2D eigenvalue weighted by Crippen LogP contribution is -2.28. The van der Waals surface area contributed by atoms with Crippen LogP contribution in [0.3, 0.4) is 0 Å². The zero-order chi connectivity index (χ0) is 12.0. The summed E-state index contributed by atoms with van der Waals surface area (Å²) in [6.45, 7) is 0. The summed E-state index contributed by atoms with van der Waals surface area (Å²) in [5, 5.41) is 12.4. The van der Waals surface area contributed by atoms with Crippen molar-refractivity contribution in [2.75, 3.05) is 5.32 Å². The van der Waals surface area contributed by atoms with Crippen molar-refractivity contribution in [3.63, 3.8) is 0 Å². The van der Waals surface area contributed by atoms with Crippen molar-refractivity contribution in [2.45, 2.75) is 24.1 Å². The molecule has 0 saturated carbocycles. The summed E-state index contributed by atoms with van der Waals surface area (Å²) in [5.74, 6) is 1.03. The number of aliphatic imine (C=N–C) groups is 1. The minimum atomic E-state index is -0.553. The van der Waals surface area contributed by atoms with Gasteiger partial charge in [0.05, 0.1) is 18.5 Å². The van der Waals surface area contributed by atoms with E-state index in [0.29, 0.717) is 12.1 Å². The van der Waals surface area contributed by atoms with Gasteiger partial charge < -0.3 is 20.7 Å². The van der Waals surface area contributed by atoms with Crippen LogP contribution in [-0.4, -0.2) is 26.7 Å². The lowest BCUT2D eigenvalue weighted by atomic mass is 10.2. The van der Waals surface area contributed by atoms with Gasteiger partial charge in [0, 0.05) is 6.42 Å². The predicted octanol–water partition coefficient (Wildman–Crippen LogP) is 0.723. The molecular formula is C10H12ClN5O. The first-order valence-electron chi connectivity index (χ1n) is 5.32. The van der Waals surface area contributed by atoms with Gasteiger partial charge in [-0.15, -0.1) is 0 Å². The molecule has 2 heterocycles. The van der Waals surface area contributed by atoms with E-state index < -0.39 is 11.6 Å². The van der Waals surface area contributed by atoms with Crippen LogP contribution in [0.4, 0.5) is 5.82 Å². The third kappa shape index (κ3) is 1.69. The molecule has 90 valence electrons. The van der Waals surface area contributed by atoms with E-state index in [1.165, 1.54) is 0 Å². The SMILES string of the molecule is NC1=NC(Cl)c2ncn(C3C=CC(O)C3)c2N1. The van der Waals surface area contributed by atoms with E-state index in [1.54, 1.807) is 12.4 Å². The van der Waals surface area contributed by atoms with Crippen LogP contribution in [0.2, 0.25) is 0 Å². The smallest absolute Gasteiger partial charge is 0.196 e. The summed E-state index contributed by atoms with van der Waals surface area (Å²) >= 11 is 6.04. The zero-order valence-electron chi connectivity index (χ0n) is 8.92. The highest BCUT2D eigenvalue weighted by molar-refractivity contribution is 6.22. The molecule has 4 N–H and O–H groups in total. The topological polar surface area (TPSA) is 88.5 Å². The molecule has 17 heavy (non-hydrogen) atoms. The second kappa shape index (κ2) is 3.75. The number of nitrogens with two attached hydrogens (primary N) is 1. The third-order valence-electron chi connectivity index (χ3n) is 2.94. The maximum absolute atomic E-state index is 9.49. The molecule has 7 heteroatoms. The van der Waals surface area contributed by atoms with Crippen molar-refractivity contribution in [1.82, 2.24) is 9.55 Å². The van der Waals surface area contributed by atoms with Crippen molar-refractivity contribution in [1.29, 1.82) is 0 Å². The monoisotopic (exact) mass is 253 g/mol. The quantitative estimate of drug-likeness (QED) is 0.391. The van der Waals surface area contributed by atoms with Crippen LogP contribution in [-0.2, 0) is 0 Å². The van der Waals surface area contributed by atoms with Crippen LogP contribution in [0.25, 0.3) is 0 Å². The number of anilines is 1. The molecule has 0 spiro atoms. The van der Waals surface area contributed by atoms with Crippen molar-refractivity contribution >= 4 is 23.4 Å². The molecule has 1 aliphatic heterocycles. The Hall–Kier alpha value is -1.53. The maximum atomic E-state index is 9.49. The number of alkyl halides is 1. The van der Waals surface area contributed by atoms with E-state index in [1.807, 2.05) is 10.6 Å². The standard InChI is InChI=1S/C10H12ClN5O/c11-8-7-9(15-10(12)14-8)16(4-13-7)5-1-2-6(17)3-5/h1-2,4-6,8,17H,3H2,(H3,12,14,15). The Morgan fingerprint density at radius 2 is 2.35 bits per heavy atom. The van der Waals surface area contributed by atoms with Gasteiger partial charge >= 0.3 is 0 Å². The van der Waals surface area contributed by atoms with Gasteiger partial charge in [-0.3, -0.25) is 0 Å². The number of allylic oxidation sites excluding steroid dienone is 1. The first-order valence-corrected chi connectivity index (χ1v) is 5.76. The third-order valence-corrected chi connectivity index (χ3v) is 3.25. The molecule has 1 aliphatic carbocycles. The number of fused-ring (bicyclic) bond motifs is 1. The van der Waals surface area contributed by atoms with E-state index >= 15 is 0 Å². The van der Waals surface area contributed by atoms with E-state index in [0.717, 1.165) is 5.82 Å². The van der Waals surface area contributed by atoms with Crippen LogP contribution in [0.15, 0.2) is 23.5 Å². The normalized spacial score (nSPS) is 30.9. The summed E-state index contributed by atoms with van der Waals surface area (Å²) in [7, 11) is 0. The predicted molar refractivity (Wildman–Crippen MR) is 64.9 cm³/mol. The lowest BCUT2D eigenvalue weighted by Gasteiger charge is -2.20. The van der Waals surface area contributed by atoms with Crippen LogP contribution < -0.4 is 11.1 Å². The van der Waals surface area contributed by atoms with Gasteiger partial charge in [0.15, 0.2) is 11.5 Å². The molecule has 3 rings (SSSR count). The Kier molecular flexibility index (Phi) is 2.34. The molecular weight excluding hydrogens is 242 g/mol. The molecule has 0 fully saturated rings. The van der Waals surface area contributed by atoms with E-state index in [4.69, 9.17) is 17.3 Å². The van der Waals surface area contributed by atoms with E-state index in [9.17, 15) is 5.11 Å². The number of hydrogen-bond donors (Lipinski definition) is 3. The number of aliphatic hydroxyl groups excluding tert-OH is 1. The van der Waals surface area contributed by atoms with Crippen molar-refractivity contribution in [3.05, 3.63) is 24.2 Å². The highest BCUT2D eigenvalue weighted by Gasteiger charge is 2.27. The van der Waals surface area contributed by atoms with Crippen LogP contribution >= 0.6 is 11.6 Å². The number of nitrogens with zero attached hydrogens (tertiary/aromatic N) is 3. The number of nitrogens with one attached hydrogen (secondary N) is 1. The van der Waals surface area contributed by atoms with Gasteiger partial charge in [-0.2, -0.15) is 0 Å². The number of aromatic nitrogens is 2. The van der Waals surface area contributed by atoms with Crippen LogP contribution in [0.5, 0.6) is 0 Å². The second-order valence-electron chi connectivity index (χ2n) is 4.12. The first kappa shape index (κ1) is 10.6. The Labute approximate surface area is 103 Å². The largest absolute Gasteiger partial charge is 0.389 e. The minimum Gasteiger partial charge on any atom is -0.389 e. The fraction of sp³-hybridized carbons (Fsp3) is 0.400. The summed E-state index contributed by atoms with van der Waals surface area (Å²) in [5.41, 5.74) is 5.75. The molecule has 0 radical (unpaired) electrons.